The molecule has 1 amide bonds. The molecule has 9 heteroatoms. The number of rotatable bonds is 6. The number of thiazole rings is 1. The lowest BCUT2D eigenvalue weighted by atomic mass is 10.2. The van der Waals surface area contributed by atoms with Crippen molar-refractivity contribution in [3.05, 3.63) is 58.4 Å². The van der Waals surface area contributed by atoms with Crippen LogP contribution in [0, 0.1) is 0 Å². The van der Waals surface area contributed by atoms with Gasteiger partial charge in [-0.15, -0.1) is 11.3 Å². The van der Waals surface area contributed by atoms with Gasteiger partial charge in [0.25, 0.3) is 5.91 Å². The Morgan fingerprint density at radius 1 is 1.17 bits per heavy atom. The second kappa shape index (κ2) is 8.85. The second-order valence-electron chi connectivity index (χ2n) is 6.46. The number of carbonyl (C=O) groups excluding carboxylic acids is 1. The van der Waals surface area contributed by atoms with Crippen molar-refractivity contribution >= 4 is 49.7 Å². The summed E-state index contributed by atoms with van der Waals surface area (Å²) in [6, 6.07) is 14.3. The third-order valence-electron chi connectivity index (χ3n) is 4.35. The fourth-order valence-corrected chi connectivity index (χ4v) is 3.89. The van der Waals surface area contributed by atoms with E-state index in [9.17, 15) is 4.79 Å². The molecule has 4 rings (SSSR count). The molecule has 1 aliphatic heterocycles. The van der Waals surface area contributed by atoms with E-state index in [2.05, 4.69) is 36.2 Å². The highest BCUT2D eigenvalue weighted by atomic mass is 79.9. The summed E-state index contributed by atoms with van der Waals surface area (Å²) in [4.78, 5) is 17.4. The number of amides is 1. The summed E-state index contributed by atoms with van der Waals surface area (Å²) in [5, 5.41) is 16.5. The maximum Gasteiger partial charge on any atom is 0.282 e. The van der Waals surface area contributed by atoms with Gasteiger partial charge >= 0.3 is 0 Å². The zero-order valence-corrected chi connectivity index (χ0v) is 18.7. The molecule has 1 atom stereocenters. The maximum atomic E-state index is 12.9. The van der Waals surface area contributed by atoms with Crippen molar-refractivity contribution in [3.8, 4) is 17.0 Å². The molecule has 0 saturated carbocycles. The first-order valence-electron chi connectivity index (χ1n) is 9.29. The number of hydrogen-bond acceptors (Lipinski definition) is 7. The molecular weight excluding hydrogens is 466 g/mol. The number of anilines is 1. The molecule has 0 unspecified atom stereocenters. The molecule has 0 spiro atoms. The Labute approximate surface area is 186 Å². The lowest BCUT2D eigenvalue weighted by Gasteiger charge is -2.08. The van der Waals surface area contributed by atoms with Gasteiger partial charge in [0.15, 0.2) is 6.04 Å². The molecule has 0 fully saturated rings. The van der Waals surface area contributed by atoms with Crippen LogP contribution in [0.15, 0.2) is 73.7 Å². The fourth-order valence-electron chi connectivity index (χ4n) is 2.84. The molecule has 0 saturated heterocycles. The summed E-state index contributed by atoms with van der Waals surface area (Å²) in [5.74, 6) is 0.501. The standard InChI is InChI=1S/C21H18BrN5O2S/c1-3-29-17-10-8-16(9-11-17)24-25-19-13(2)26-27(20(19)28)21-23-18(12-30-21)14-4-6-15(22)7-5-14/h4-12,19H,3H2,1-2H3/t19-/m1/s1. The first-order chi connectivity index (χ1) is 14.5. The number of ether oxygens (including phenoxy) is 1. The Hall–Kier alpha value is -2.91. The normalized spacial score (nSPS) is 16.4. The van der Waals surface area contributed by atoms with Gasteiger partial charge in [-0.25, -0.2) is 4.98 Å². The van der Waals surface area contributed by atoms with Crippen LogP contribution in [-0.4, -0.2) is 29.3 Å². The molecule has 152 valence electrons. The van der Waals surface area contributed by atoms with Crippen LogP contribution in [0.2, 0.25) is 0 Å². The number of hydrogen-bond donors (Lipinski definition) is 0. The van der Waals surface area contributed by atoms with E-state index in [1.54, 1.807) is 19.1 Å². The van der Waals surface area contributed by atoms with Crippen molar-refractivity contribution in [2.75, 3.05) is 11.6 Å². The van der Waals surface area contributed by atoms with Gasteiger partial charge < -0.3 is 4.74 Å². The van der Waals surface area contributed by atoms with E-state index < -0.39 is 6.04 Å². The van der Waals surface area contributed by atoms with Crippen LogP contribution < -0.4 is 9.75 Å². The summed E-state index contributed by atoms with van der Waals surface area (Å²) < 4.78 is 6.41. The van der Waals surface area contributed by atoms with Crippen LogP contribution in [0.4, 0.5) is 10.8 Å². The minimum Gasteiger partial charge on any atom is -0.494 e. The number of carbonyl (C=O) groups is 1. The summed E-state index contributed by atoms with van der Waals surface area (Å²) in [6.45, 7) is 4.30. The molecule has 0 aliphatic carbocycles. The first kappa shape index (κ1) is 20.4. The zero-order chi connectivity index (χ0) is 21.1. The number of halogens is 1. The van der Waals surface area contributed by atoms with Crippen LogP contribution in [0.3, 0.4) is 0 Å². The number of hydrazone groups is 1. The highest BCUT2D eigenvalue weighted by molar-refractivity contribution is 9.10. The number of aromatic nitrogens is 1. The van der Waals surface area contributed by atoms with Crippen LogP contribution in [-0.2, 0) is 4.79 Å². The van der Waals surface area contributed by atoms with Gasteiger partial charge in [0.1, 0.15) is 5.75 Å². The third-order valence-corrected chi connectivity index (χ3v) is 5.69. The van der Waals surface area contributed by atoms with Gasteiger partial charge in [-0.05, 0) is 50.2 Å². The quantitative estimate of drug-likeness (QED) is 0.412. The highest BCUT2D eigenvalue weighted by Gasteiger charge is 2.36. The summed E-state index contributed by atoms with van der Waals surface area (Å²) in [6.07, 6.45) is 0. The smallest absolute Gasteiger partial charge is 0.282 e. The number of benzene rings is 2. The Morgan fingerprint density at radius 3 is 2.60 bits per heavy atom. The fraction of sp³-hybridized carbons (Fsp3) is 0.190. The lowest BCUT2D eigenvalue weighted by molar-refractivity contribution is -0.117. The minimum absolute atomic E-state index is 0.265. The van der Waals surface area contributed by atoms with Crippen LogP contribution in [0.25, 0.3) is 11.3 Å². The Balaban J connectivity index is 1.49. The predicted octanol–water partition coefficient (Wildman–Crippen LogP) is 5.85. The van der Waals surface area contributed by atoms with Gasteiger partial charge in [0, 0.05) is 15.4 Å². The summed E-state index contributed by atoms with van der Waals surface area (Å²) in [5.41, 5.74) is 2.99. The number of azo groups is 1. The van der Waals surface area contributed by atoms with E-state index in [1.807, 2.05) is 48.7 Å². The zero-order valence-electron chi connectivity index (χ0n) is 16.3. The van der Waals surface area contributed by atoms with Crippen molar-refractivity contribution in [2.24, 2.45) is 15.3 Å². The maximum absolute atomic E-state index is 12.9. The molecule has 0 N–H and O–H groups in total. The molecule has 2 heterocycles. The van der Waals surface area contributed by atoms with Gasteiger partial charge in [-0.3, -0.25) is 4.79 Å². The van der Waals surface area contributed by atoms with Gasteiger partial charge in [0.05, 0.1) is 23.7 Å². The molecule has 7 nitrogen and oxygen atoms in total. The molecule has 0 bridgehead atoms. The average Bonchev–Trinajstić information content (AvgIpc) is 3.33. The van der Waals surface area contributed by atoms with Crippen LogP contribution >= 0.6 is 27.3 Å². The SMILES string of the molecule is CCOc1ccc(N=N[C@H]2C(=O)N(c3nc(-c4ccc(Br)cc4)cs3)N=C2C)cc1. The van der Waals surface area contributed by atoms with Crippen molar-refractivity contribution in [1.82, 2.24) is 4.98 Å². The predicted molar refractivity (Wildman–Crippen MR) is 122 cm³/mol. The van der Waals surface area contributed by atoms with E-state index in [0.29, 0.717) is 23.1 Å². The van der Waals surface area contributed by atoms with E-state index in [4.69, 9.17) is 4.74 Å². The molecule has 3 aromatic rings. The van der Waals surface area contributed by atoms with Crippen LogP contribution in [0.5, 0.6) is 5.75 Å². The molecule has 30 heavy (non-hydrogen) atoms. The largest absolute Gasteiger partial charge is 0.494 e. The van der Waals surface area contributed by atoms with Crippen molar-refractivity contribution < 1.29 is 9.53 Å². The third kappa shape index (κ3) is 4.31. The molecular formula is C21H18BrN5O2S. The Kier molecular flexibility index (Phi) is 6.01. The highest BCUT2D eigenvalue weighted by Crippen LogP contribution is 2.31. The van der Waals surface area contributed by atoms with E-state index in [1.165, 1.54) is 16.3 Å². The van der Waals surface area contributed by atoms with Crippen molar-refractivity contribution in [2.45, 2.75) is 19.9 Å². The minimum atomic E-state index is -0.753. The van der Waals surface area contributed by atoms with Crippen molar-refractivity contribution in [3.63, 3.8) is 0 Å². The number of nitrogens with zero attached hydrogens (tertiary/aromatic N) is 5. The topological polar surface area (TPSA) is 79.5 Å². The molecule has 0 radical (unpaired) electrons. The molecule has 1 aromatic heterocycles. The summed E-state index contributed by atoms with van der Waals surface area (Å²) in [7, 11) is 0. The average molecular weight is 484 g/mol. The van der Waals surface area contributed by atoms with E-state index in [-0.39, 0.29) is 5.91 Å². The Morgan fingerprint density at radius 2 is 1.90 bits per heavy atom. The van der Waals surface area contributed by atoms with Gasteiger partial charge in [-0.2, -0.15) is 20.3 Å². The molecule has 2 aromatic carbocycles. The van der Waals surface area contributed by atoms with E-state index >= 15 is 0 Å². The van der Waals surface area contributed by atoms with Crippen LogP contribution in [0.1, 0.15) is 13.8 Å². The lowest BCUT2D eigenvalue weighted by Crippen LogP contribution is -2.29. The van der Waals surface area contributed by atoms with E-state index in [0.717, 1.165) is 21.5 Å². The summed E-state index contributed by atoms with van der Waals surface area (Å²) >= 11 is 4.79. The monoisotopic (exact) mass is 483 g/mol. The van der Waals surface area contributed by atoms with Gasteiger partial charge in [-0.1, -0.05) is 28.1 Å². The van der Waals surface area contributed by atoms with Gasteiger partial charge in [0.2, 0.25) is 5.13 Å². The second-order valence-corrected chi connectivity index (χ2v) is 8.21. The molecule has 1 aliphatic rings. The Bertz CT molecular complexity index is 1110. The first-order valence-corrected chi connectivity index (χ1v) is 11.0. The van der Waals surface area contributed by atoms with Crippen molar-refractivity contribution in [1.29, 1.82) is 0 Å².